The molecule has 2 heterocycles. The first-order valence-electron chi connectivity index (χ1n) is 6.77. The summed E-state index contributed by atoms with van der Waals surface area (Å²) < 4.78 is 11.5. The van der Waals surface area contributed by atoms with Crippen LogP contribution in [-0.2, 0) is 0 Å². The van der Waals surface area contributed by atoms with Gasteiger partial charge in [-0.3, -0.25) is 0 Å². The molecule has 0 saturated carbocycles. The Balaban J connectivity index is 1.88. The highest BCUT2D eigenvalue weighted by Gasteiger charge is 2.18. The Morgan fingerprint density at radius 1 is 1.15 bits per heavy atom. The number of hydrogen-bond acceptors (Lipinski definition) is 4. The maximum absolute atomic E-state index is 10.4. The van der Waals surface area contributed by atoms with Crippen LogP contribution in [0.2, 0.25) is 0 Å². The average Bonchev–Trinajstić information content (AvgIpc) is 2.80. The van der Waals surface area contributed by atoms with E-state index in [1.807, 2.05) is 37.3 Å². The summed E-state index contributed by atoms with van der Waals surface area (Å²) in [5.41, 5.74) is 0.837. The number of rotatable bonds is 2. The smallest absolute Gasteiger partial charge is 0.161 e. The highest BCUT2D eigenvalue weighted by molar-refractivity contribution is 7.12. The molecule has 2 unspecified atom stereocenters. The Morgan fingerprint density at radius 2 is 1.90 bits per heavy atom. The van der Waals surface area contributed by atoms with E-state index in [2.05, 4.69) is 6.92 Å². The molecule has 1 aliphatic heterocycles. The number of aliphatic hydroxyl groups is 1. The van der Waals surface area contributed by atoms with E-state index in [0.29, 0.717) is 19.1 Å². The van der Waals surface area contributed by atoms with E-state index in [1.54, 1.807) is 11.3 Å². The minimum atomic E-state index is -0.608. The van der Waals surface area contributed by atoms with Gasteiger partial charge in [-0.15, -0.1) is 11.3 Å². The van der Waals surface area contributed by atoms with Crippen LogP contribution in [0.4, 0.5) is 0 Å². The number of benzene rings is 1. The Morgan fingerprint density at radius 3 is 2.60 bits per heavy atom. The first kappa shape index (κ1) is 13.5. The number of fused-ring (bicyclic) bond motifs is 1. The molecule has 2 aromatic rings. The van der Waals surface area contributed by atoms with Crippen LogP contribution < -0.4 is 9.47 Å². The summed E-state index contributed by atoms with van der Waals surface area (Å²) in [6, 6.07) is 9.65. The molecule has 0 fully saturated rings. The van der Waals surface area contributed by atoms with Gasteiger partial charge in [-0.25, -0.2) is 0 Å². The second-order valence-corrected chi connectivity index (χ2v) is 6.60. The van der Waals surface area contributed by atoms with Crippen LogP contribution in [0.3, 0.4) is 0 Å². The Bertz CT molecular complexity index is 606. The third-order valence-electron chi connectivity index (χ3n) is 3.36. The van der Waals surface area contributed by atoms with Gasteiger partial charge in [0.05, 0.1) is 13.2 Å². The Hall–Kier alpha value is -1.52. The molecule has 2 atom stereocenters. The van der Waals surface area contributed by atoms with Gasteiger partial charge in [-0.05, 0) is 36.8 Å². The van der Waals surface area contributed by atoms with Crippen molar-refractivity contribution in [2.45, 2.75) is 20.0 Å². The zero-order valence-electron chi connectivity index (χ0n) is 11.6. The number of aryl methyl sites for hydroxylation is 1. The summed E-state index contributed by atoms with van der Waals surface area (Å²) in [7, 11) is 0. The lowest BCUT2D eigenvalue weighted by molar-refractivity contribution is 0.221. The van der Waals surface area contributed by atoms with Crippen LogP contribution in [0.15, 0.2) is 30.3 Å². The van der Waals surface area contributed by atoms with Crippen molar-refractivity contribution in [3.63, 3.8) is 0 Å². The van der Waals surface area contributed by atoms with Crippen molar-refractivity contribution in [2.24, 2.45) is 5.92 Å². The fourth-order valence-corrected chi connectivity index (χ4v) is 3.10. The standard InChI is InChI=1S/C16H18O3S/c1-10-8-18-13-5-4-12(7-14(13)19-9-10)16(17)15-6-3-11(2)20-15/h3-7,10,16-17H,8-9H2,1-2H3. The summed E-state index contributed by atoms with van der Waals surface area (Å²) in [5, 5.41) is 10.4. The molecule has 3 rings (SSSR count). The molecule has 0 saturated heterocycles. The lowest BCUT2D eigenvalue weighted by atomic mass is 10.1. The van der Waals surface area contributed by atoms with Gasteiger partial charge in [0.25, 0.3) is 0 Å². The van der Waals surface area contributed by atoms with Crippen LogP contribution >= 0.6 is 11.3 Å². The normalized spacial score (nSPS) is 19.4. The molecule has 3 nitrogen and oxygen atoms in total. The zero-order valence-corrected chi connectivity index (χ0v) is 12.4. The van der Waals surface area contributed by atoms with Crippen molar-refractivity contribution in [3.05, 3.63) is 45.6 Å². The number of thiophene rings is 1. The van der Waals surface area contributed by atoms with E-state index in [9.17, 15) is 5.11 Å². The molecule has 0 amide bonds. The Labute approximate surface area is 122 Å². The monoisotopic (exact) mass is 290 g/mol. The lowest BCUT2D eigenvalue weighted by Gasteiger charge is -2.13. The largest absolute Gasteiger partial charge is 0.489 e. The second kappa shape index (κ2) is 5.46. The maximum atomic E-state index is 10.4. The van der Waals surface area contributed by atoms with E-state index in [-0.39, 0.29) is 0 Å². The summed E-state index contributed by atoms with van der Waals surface area (Å²) in [6.07, 6.45) is -0.608. The van der Waals surface area contributed by atoms with Gasteiger partial charge >= 0.3 is 0 Å². The summed E-state index contributed by atoms with van der Waals surface area (Å²) >= 11 is 1.61. The topological polar surface area (TPSA) is 38.7 Å². The molecule has 1 N–H and O–H groups in total. The zero-order chi connectivity index (χ0) is 14.1. The van der Waals surface area contributed by atoms with Crippen molar-refractivity contribution in [1.82, 2.24) is 0 Å². The number of hydrogen-bond donors (Lipinski definition) is 1. The van der Waals surface area contributed by atoms with Crippen molar-refractivity contribution in [3.8, 4) is 11.5 Å². The summed E-state index contributed by atoms with van der Waals surface area (Å²) in [6.45, 7) is 5.44. The van der Waals surface area contributed by atoms with E-state index < -0.39 is 6.10 Å². The van der Waals surface area contributed by atoms with Gasteiger partial charge in [0.2, 0.25) is 0 Å². The van der Waals surface area contributed by atoms with Crippen LogP contribution in [0, 0.1) is 12.8 Å². The highest BCUT2D eigenvalue weighted by Crippen LogP contribution is 2.36. The molecule has 0 aliphatic carbocycles. The SMILES string of the molecule is Cc1ccc(C(O)c2ccc3c(c2)OCC(C)CO3)s1. The quantitative estimate of drug-likeness (QED) is 0.919. The minimum absolute atomic E-state index is 0.371. The van der Waals surface area contributed by atoms with Crippen molar-refractivity contribution in [2.75, 3.05) is 13.2 Å². The molecule has 0 radical (unpaired) electrons. The molecule has 106 valence electrons. The van der Waals surface area contributed by atoms with Crippen LogP contribution in [0.25, 0.3) is 0 Å². The summed E-state index contributed by atoms with van der Waals surface area (Å²) in [4.78, 5) is 2.15. The van der Waals surface area contributed by atoms with Gasteiger partial charge in [-0.2, -0.15) is 0 Å². The number of ether oxygens (including phenoxy) is 2. The predicted octanol–water partition coefficient (Wildman–Crippen LogP) is 3.55. The lowest BCUT2D eigenvalue weighted by Crippen LogP contribution is -2.12. The minimum Gasteiger partial charge on any atom is -0.489 e. The fraction of sp³-hybridized carbons (Fsp3) is 0.375. The van der Waals surface area contributed by atoms with Crippen LogP contribution in [0.5, 0.6) is 11.5 Å². The van der Waals surface area contributed by atoms with Gasteiger partial charge in [0.15, 0.2) is 11.5 Å². The van der Waals surface area contributed by atoms with Gasteiger partial charge < -0.3 is 14.6 Å². The van der Waals surface area contributed by atoms with Gasteiger partial charge in [-0.1, -0.05) is 13.0 Å². The van der Waals surface area contributed by atoms with Gasteiger partial charge in [0.1, 0.15) is 6.10 Å². The average molecular weight is 290 g/mol. The summed E-state index contributed by atoms with van der Waals surface area (Å²) in [5.74, 6) is 1.85. The number of aliphatic hydroxyl groups excluding tert-OH is 1. The third-order valence-corrected chi connectivity index (χ3v) is 4.41. The highest BCUT2D eigenvalue weighted by atomic mass is 32.1. The molecular formula is C16H18O3S. The third kappa shape index (κ3) is 2.67. The first-order chi connectivity index (χ1) is 9.63. The molecule has 20 heavy (non-hydrogen) atoms. The molecule has 1 aromatic carbocycles. The maximum Gasteiger partial charge on any atom is 0.161 e. The van der Waals surface area contributed by atoms with E-state index in [0.717, 1.165) is 21.9 Å². The predicted molar refractivity (Wildman–Crippen MR) is 79.7 cm³/mol. The molecule has 1 aliphatic rings. The van der Waals surface area contributed by atoms with E-state index >= 15 is 0 Å². The second-order valence-electron chi connectivity index (χ2n) is 5.28. The van der Waals surface area contributed by atoms with Crippen molar-refractivity contribution >= 4 is 11.3 Å². The molecule has 0 spiro atoms. The molecule has 4 heteroatoms. The molecule has 0 bridgehead atoms. The fourth-order valence-electron chi connectivity index (χ4n) is 2.20. The molecular weight excluding hydrogens is 272 g/mol. The van der Waals surface area contributed by atoms with E-state index in [1.165, 1.54) is 4.88 Å². The van der Waals surface area contributed by atoms with E-state index in [4.69, 9.17) is 9.47 Å². The van der Waals surface area contributed by atoms with Crippen LogP contribution in [-0.4, -0.2) is 18.3 Å². The Kier molecular flexibility index (Phi) is 3.68. The first-order valence-corrected chi connectivity index (χ1v) is 7.59. The van der Waals surface area contributed by atoms with Crippen molar-refractivity contribution in [1.29, 1.82) is 0 Å². The van der Waals surface area contributed by atoms with Crippen LogP contribution in [0.1, 0.15) is 28.3 Å². The van der Waals surface area contributed by atoms with Crippen molar-refractivity contribution < 1.29 is 14.6 Å². The van der Waals surface area contributed by atoms with Gasteiger partial charge in [0, 0.05) is 15.7 Å². The molecule has 1 aromatic heterocycles.